The van der Waals surface area contributed by atoms with Gasteiger partial charge in [-0.3, -0.25) is 5.10 Å². The summed E-state index contributed by atoms with van der Waals surface area (Å²) in [6, 6.07) is 6.63. The molecule has 1 aromatic carbocycles. The standard InChI is InChI=1S/C11H13FN4S/c1-7-14-11(16-15-7)17-10(6-13)8-4-2-3-5-9(8)12/h2-5,10H,6,13H2,1H3,(H,14,15,16). The fraction of sp³-hybridized carbons (Fsp3) is 0.273. The zero-order valence-electron chi connectivity index (χ0n) is 9.35. The lowest BCUT2D eigenvalue weighted by Crippen LogP contribution is -2.11. The summed E-state index contributed by atoms with van der Waals surface area (Å²) in [7, 11) is 0. The van der Waals surface area contributed by atoms with Crippen molar-refractivity contribution >= 4 is 11.8 Å². The molecular formula is C11H13FN4S. The Bertz CT molecular complexity index is 500. The van der Waals surface area contributed by atoms with Gasteiger partial charge in [0.15, 0.2) is 0 Å². The second-order valence-electron chi connectivity index (χ2n) is 3.57. The molecule has 90 valence electrons. The topological polar surface area (TPSA) is 67.6 Å². The van der Waals surface area contributed by atoms with Crippen LogP contribution in [0.2, 0.25) is 0 Å². The maximum atomic E-state index is 13.6. The first-order chi connectivity index (χ1) is 8.20. The van der Waals surface area contributed by atoms with Gasteiger partial charge < -0.3 is 5.73 Å². The molecule has 0 fully saturated rings. The highest BCUT2D eigenvalue weighted by Crippen LogP contribution is 2.33. The minimum atomic E-state index is -0.247. The van der Waals surface area contributed by atoms with Gasteiger partial charge in [0.25, 0.3) is 0 Å². The van der Waals surface area contributed by atoms with Crippen LogP contribution in [0.5, 0.6) is 0 Å². The SMILES string of the molecule is Cc1nc(SC(CN)c2ccccc2F)n[nH]1. The third-order valence-corrected chi connectivity index (χ3v) is 3.41. The quantitative estimate of drug-likeness (QED) is 0.817. The van der Waals surface area contributed by atoms with Crippen molar-refractivity contribution in [2.45, 2.75) is 17.3 Å². The minimum Gasteiger partial charge on any atom is -0.329 e. The van der Waals surface area contributed by atoms with Crippen molar-refractivity contribution in [1.82, 2.24) is 15.2 Å². The first-order valence-electron chi connectivity index (χ1n) is 5.21. The van der Waals surface area contributed by atoms with Crippen molar-refractivity contribution in [3.8, 4) is 0 Å². The summed E-state index contributed by atoms with van der Waals surface area (Å²) in [6.45, 7) is 2.15. The van der Waals surface area contributed by atoms with Crippen LogP contribution in [-0.4, -0.2) is 21.7 Å². The summed E-state index contributed by atoms with van der Waals surface area (Å²) in [5.74, 6) is 0.486. The molecule has 0 bridgehead atoms. The molecule has 0 amide bonds. The molecule has 17 heavy (non-hydrogen) atoms. The summed E-state index contributed by atoms with van der Waals surface area (Å²) in [4.78, 5) is 4.17. The van der Waals surface area contributed by atoms with Gasteiger partial charge in [0, 0.05) is 12.1 Å². The highest BCUT2D eigenvalue weighted by molar-refractivity contribution is 7.99. The average molecular weight is 252 g/mol. The van der Waals surface area contributed by atoms with Gasteiger partial charge in [-0.15, -0.1) is 5.10 Å². The van der Waals surface area contributed by atoms with E-state index in [-0.39, 0.29) is 11.1 Å². The maximum absolute atomic E-state index is 13.6. The molecular weight excluding hydrogens is 239 g/mol. The number of nitrogens with one attached hydrogen (secondary N) is 1. The van der Waals surface area contributed by atoms with Gasteiger partial charge in [-0.25, -0.2) is 9.37 Å². The van der Waals surface area contributed by atoms with E-state index in [4.69, 9.17) is 5.73 Å². The molecule has 3 N–H and O–H groups in total. The number of H-pyrrole nitrogens is 1. The second kappa shape index (κ2) is 5.29. The van der Waals surface area contributed by atoms with Crippen LogP contribution in [0.25, 0.3) is 0 Å². The number of rotatable bonds is 4. The van der Waals surface area contributed by atoms with E-state index in [2.05, 4.69) is 15.2 Å². The van der Waals surface area contributed by atoms with Crippen LogP contribution in [-0.2, 0) is 0 Å². The fourth-order valence-corrected chi connectivity index (χ4v) is 2.43. The van der Waals surface area contributed by atoms with Crippen LogP contribution >= 0.6 is 11.8 Å². The van der Waals surface area contributed by atoms with Crippen LogP contribution in [0, 0.1) is 12.7 Å². The minimum absolute atomic E-state index is 0.175. The van der Waals surface area contributed by atoms with Crippen molar-refractivity contribution in [2.24, 2.45) is 5.73 Å². The van der Waals surface area contributed by atoms with Gasteiger partial charge in [0.2, 0.25) is 5.16 Å². The Morgan fingerprint density at radius 2 is 2.24 bits per heavy atom. The van der Waals surface area contributed by atoms with Crippen molar-refractivity contribution in [1.29, 1.82) is 0 Å². The van der Waals surface area contributed by atoms with Crippen molar-refractivity contribution in [3.05, 3.63) is 41.5 Å². The predicted molar refractivity (Wildman–Crippen MR) is 65.2 cm³/mol. The van der Waals surface area contributed by atoms with Gasteiger partial charge in [-0.1, -0.05) is 30.0 Å². The van der Waals surface area contributed by atoms with E-state index in [1.165, 1.54) is 17.8 Å². The predicted octanol–water partition coefficient (Wildman–Crippen LogP) is 2.04. The number of thioether (sulfide) groups is 1. The van der Waals surface area contributed by atoms with Crippen LogP contribution < -0.4 is 5.73 Å². The monoisotopic (exact) mass is 252 g/mol. The van der Waals surface area contributed by atoms with Crippen LogP contribution in [0.4, 0.5) is 4.39 Å². The van der Waals surface area contributed by atoms with E-state index in [1.54, 1.807) is 18.2 Å². The Balaban J connectivity index is 2.20. The molecule has 0 aliphatic heterocycles. The summed E-state index contributed by atoms with van der Waals surface area (Å²) in [6.07, 6.45) is 0. The number of nitrogens with zero attached hydrogens (tertiary/aromatic N) is 2. The highest BCUT2D eigenvalue weighted by atomic mass is 32.2. The zero-order valence-corrected chi connectivity index (χ0v) is 10.2. The molecule has 4 nitrogen and oxygen atoms in total. The number of aromatic nitrogens is 3. The molecule has 0 spiro atoms. The Morgan fingerprint density at radius 1 is 1.47 bits per heavy atom. The molecule has 0 saturated carbocycles. The lowest BCUT2D eigenvalue weighted by Gasteiger charge is -2.13. The van der Waals surface area contributed by atoms with Gasteiger partial charge in [-0.2, -0.15) is 0 Å². The van der Waals surface area contributed by atoms with Crippen molar-refractivity contribution < 1.29 is 4.39 Å². The summed E-state index contributed by atoms with van der Waals surface area (Å²) < 4.78 is 13.6. The number of nitrogens with two attached hydrogens (primary N) is 1. The number of hydrogen-bond acceptors (Lipinski definition) is 4. The molecule has 0 radical (unpaired) electrons. The molecule has 2 rings (SSSR count). The highest BCUT2D eigenvalue weighted by Gasteiger charge is 2.17. The van der Waals surface area contributed by atoms with Crippen molar-refractivity contribution in [2.75, 3.05) is 6.54 Å². The molecule has 6 heteroatoms. The molecule has 1 atom stereocenters. The molecule has 2 aromatic rings. The summed E-state index contributed by atoms with van der Waals surface area (Å²) >= 11 is 1.36. The summed E-state index contributed by atoms with van der Waals surface area (Å²) in [5, 5.41) is 7.17. The molecule has 0 aliphatic carbocycles. The first kappa shape index (κ1) is 12.1. The molecule has 1 aromatic heterocycles. The first-order valence-corrected chi connectivity index (χ1v) is 6.09. The Hall–Kier alpha value is -1.40. The third-order valence-electron chi connectivity index (χ3n) is 2.29. The fourth-order valence-electron chi connectivity index (χ4n) is 1.48. The number of benzene rings is 1. The Morgan fingerprint density at radius 3 is 2.82 bits per heavy atom. The lowest BCUT2D eigenvalue weighted by molar-refractivity contribution is 0.608. The number of aromatic amines is 1. The van der Waals surface area contributed by atoms with Gasteiger partial charge in [-0.05, 0) is 13.0 Å². The van der Waals surface area contributed by atoms with E-state index in [9.17, 15) is 4.39 Å². The van der Waals surface area contributed by atoms with E-state index in [1.807, 2.05) is 6.92 Å². The zero-order chi connectivity index (χ0) is 12.3. The largest absolute Gasteiger partial charge is 0.329 e. The molecule has 0 aliphatic rings. The van der Waals surface area contributed by atoms with Gasteiger partial charge in [0.05, 0.1) is 5.25 Å². The Kier molecular flexibility index (Phi) is 3.75. The van der Waals surface area contributed by atoms with Crippen molar-refractivity contribution in [3.63, 3.8) is 0 Å². The van der Waals surface area contributed by atoms with Gasteiger partial charge in [0.1, 0.15) is 11.6 Å². The normalized spacial score (nSPS) is 12.6. The number of halogens is 1. The maximum Gasteiger partial charge on any atom is 0.209 e. The second-order valence-corrected chi connectivity index (χ2v) is 4.74. The average Bonchev–Trinajstić information content (AvgIpc) is 2.73. The van der Waals surface area contributed by atoms with E-state index in [0.29, 0.717) is 17.3 Å². The Labute approximate surface area is 103 Å². The molecule has 0 saturated heterocycles. The third kappa shape index (κ3) is 2.83. The van der Waals surface area contributed by atoms with E-state index in [0.717, 1.165) is 5.82 Å². The lowest BCUT2D eigenvalue weighted by atomic mass is 10.1. The molecule has 1 unspecified atom stereocenters. The summed E-state index contributed by atoms with van der Waals surface area (Å²) in [5.41, 5.74) is 6.26. The van der Waals surface area contributed by atoms with Gasteiger partial charge >= 0.3 is 0 Å². The molecule has 1 heterocycles. The van der Waals surface area contributed by atoms with Crippen LogP contribution in [0.3, 0.4) is 0 Å². The van der Waals surface area contributed by atoms with Crippen LogP contribution in [0.1, 0.15) is 16.6 Å². The number of aryl methyl sites for hydroxylation is 1. The number of hydrogen-bond donors (Lipinski definition) is 2. The van der Waals surface area contributed by atoms with E-state index < -0.39 is 0 Å². The van der Waals surface area contributed by atoms with E-state index >= 15 is 0 Å². The van der Waals surface area contributed by atoms with Crippen LogP contribution in [0.15, 0.2) is 29.4 Å². The smallest absolute Gasteiger partial charge is 0.209 e.